The molecular weight excluding hydrogens is 180 g/mol. The third-order valence-electron chi connectivity index (χ3n) is 1.93. The fourth-order valence-corrected chi connectivity index (χ4v) is 1.21. The predicted molar refractivity (Wildman–Crippen MR) is 52.5 cm³/mol. The van der Waals surface area contributed by atoms with Gasteiger partial charge in [-0.05, 0) is 32.0 Å². The lowest BCUT2D eigenvalue weighted by molar-refractivity contribution is -0.116. The molecular formula is C11H12O3. The van der Waals surface area contributed by atoms with Crippen LogP contribution in [0.5, 0.6) is 5.75 Å². The van der Waals surface area contributed by atoms with Crippen molar-refractivity contribution in [2.45, 2.75) is 20.3 Å². The molecule has 0 heterocycles. The molecule has 0 aliphatic rings. The summed E-state index contributed by atoms with van der Waals surface area (Å²) < 4.78 is 0. The van der Waals surface area contributed by atoms with Crippen molar-refractivity contribution in [3.05, 3.63) is 29.3 Å². The maximum Gasteiger partial charge on any atom is 0.159 e. The summed E-state index contributed by atoms with van der Waals surface area (Å²) in [4.78, 5) is 21.9. The fourth-order valence-electron chi connectivity index (χ4n) is 1.21. The van der Waals surface area contributed by atoms with Gasteiger partial charge in [-0.25, -0.2) is 0 Å². The SMILES string of the molecule is CC(=O)Cc1cc(C(C)=O)ccc1O. The number of rotatable bonds is 3. The van der Waals surface area contributed by atoms with Crippen LogP contribution in [0.3, 0.4) is 0 Å². The molecule has 0 radical (unpaired) electrons. The van der Waals surface area contributed by atoms with E-state index >= 15 is 0 Å². The summed E-state index contributed by atoms with van der Waals surface area (Å²) in [5.74, 6) is -0.0546. The van der Waals surface area contributed by atoms with Crippen LogP contribution < -0.4 is 0 Å². The predicted octanol–water partition coefficient (Wildman–Crippen LogP) is 1.73. The van der Waals surface area contributed by atoms with Crippen molar-refractivity contribution in [2.24, 2.45) is 0 Å². The summed E-state index contributed by atoms with van der Waals surface area (Å²) in [5, 5.41) is 9.40. The second-order valence-electron chi connectivity index (χ2n) is 3.28. The molecule has 0 bridgehead atoms. The van der Waals surface area contributed by atoms with Gasteiger partial charge >= 0.3 is 0 Å². The average Bonchev–Trinajstić information content (AvgIpc) is 2.07. The molecule has 0 aliphatic carbocycles. The smallest absolute Gasteiger partial charge is 0.159 e. The van der Waals surface area contributed by atoms with Gasteiger partial charge in [0.1, 0.15) is 11.5 Å². The van der Waals surface area contributed by atoms with Gasteiger partial charge in [0.2, 0.25) is 0 Å². The fraction of sp³-hybridized carbons (Fsp3) is 0.273. The molecule has 0 spiro atoms. The number of carbonyl (C=O) groups is 2. The van der Waals surface area contributed by atoms with Gasteiger partial charge in [-0.3, -0.25) is 9.59 Å². The Bertz CT molecular complexity index is 380. The van der Waals surface area contributed by atoms with Crippen molar-refractivity contribution in [1.29, 1.82) is 0 Å². The highest BCUT2D eigenvalue weighted by Crippen LogP contribution is 2.19. The second-order valence-corrected chi connectivity index (χ2v) is 3.28. The van der Waals surface area contributed by atoms with Crippen LogP contribution in [0.2, 0.25) is 0 Å². The largest absolute Gasteiger partial charge is 0.508 e. The summed E-state index contributed by atoms with van der Waals surface area (Å²) in [6.45, 7) is 2.89. The zero-order valence-electron chi connectivity index (χ0n) is 8.20. The van der Waals surface area contributed by atoms with E-state index in [1.54, 1.807) is 12.1 Å². The maximum absolute atomic E-state index is 11.0. The van der Waals surface area contributed by atoms with Crippen LogP contribution >= 0.6 is 0 Å². The summed E-state index contributed by atoms with van der Waals surface area (Å²) in [5.41, 5.74) is 1.02. The molecule has 1 rings (SSSR count). The van der Waals surface area contributed by atoms with Crippen molar-refractivity contribution in [1.82, 2.24) is 0 Å². The van der Waals surface area contributed by atoms with E-state index in [2.05, 4.69) is 0 Å². The van der Waals surface area contributed by atoms with Crippen molar-refractivity contribution in [3.63, 3.8) is 0 Å². The zero-order valence-corrected chi connectivity index (χ0v) is 8.20. The summed E-state index contributed by atoms with van der Waals surface area (Å²) in [6, 6.07) is 4.54. The minimum absolute atomic E-state index is 0.0407. The number of hydrogen-bond donors (Lipinski definition) is 1. The monoisotopic (exact) mass is 192 g/mol. The Morgan fingerprint density at radius 1 is 1.29 bits per heavy atom. The van der Waals surface area contributed by atoms with Gasteiger partial charge in [-0.2, -0.15) is 0 Å². The van der Waals surface area contributed by atoms with Gasteiger partial charge in [0.25, 0.3) is 0 Å². The number of Topliss-reactive ketones (excluding diaryl/α,β-unsaturated/α-hetero) is 2. The van der Waals surface area contributed by atoms with Crippen molar-refractivity contribution < 1.29 is 14.7 Å². The van der Waals surface area contributed by atoms with Gasteiger partial charge in [-0.15, -0.1) is 0 Å². The Morgan fingerprint density at radius 2 is 1.93 bits per heavy atom. The van der Waals surface area contributed by atoms with Crippen LogP contribution in [0, 0.1) is 0 Å². The topological polar surface area (TPSA) is 54.4 Å². The van der Waals surface area contributed by atoms with Gasteiger partial charge in [0.05, 0.1) is 0 Å². The van der Waals surface area contributed by atoms with Crippen LogP contribution in [-0.2, 0) is 11.2 Å². The molecule has 0 unspecified atom stereocenters. The zero-order chi connectivity index (χ0) is 10.7. The highest BCUT2D eigenvalue weighted by molar-refractivity contribution is 5.94. The lowest BCUT2D eigenvalue weighted by Crippen LogP contribution is -1.99. The van der Waals surface area contributed by atoms with Crippen molar-refractivity contribution in [3.8, 4) is 5.75 Å². The van der Waals surface area contributed by atoms with Crippen molar-refractivity contribution >= 4 is 11.6 Å². The molecule has 0 saturated carbocycles. The number of ketones is 2. The Kier molecular flexibility index (Phi) is 3.02. The molecule has 1 N–H and O–H groups in total. The standard InChI is InChI=1S/C11H12O3/c1-7(12)5-10-6-9(8(2)13)3-4-11(10)14/h3-4,6,14H,5H2,1-2H3. The Hall–Kier alpha value is -1.64. The quantitative estimate of drug-likeness (QED) is 0.742. The third kappa shape index (κ3) is 2.42. The normalized spacial score (nSPS) is 9.86. The molecule has 3 heteroatoms. The number of benzene rings is 1. The van der Waals surface area contributed by atoms with Crippen LogP contribution in [0.4, 0.5) is 0 Å². The van der Waals surface area contributed by atoms with Gasteiger partial charge in [0.15, 0.2) is 5.78 Å². The Balaban J connectivity index is 3.08. The number of phenolic OH excluding ortho intramolecular Hbond substituents is 1. The highest BCUT2D eigenvalue weighted by Gasteiger charge is 2.07. The summed E-state index contributed by atoms with van der Waals surface area (Å²) in [7, 11) is 0. The second kappa shape index (κ2) is 4.05. The van der Waals surface area contributed by atoms with E-state index < -0.39 is 0 Å². The molecule has 0 fully saturated rings. The number of phenols is 1. The molecule has 14 heavy (non-hydrogen) atoms. The summed E-state index contributed by atoms with van der Waals surface area (Å²) >= 11 is 0. The van der Waals surface area contributed by atoms with Gasteiger partial charge in [-0.1, -0.05) is 0 Å². The minimum Gasteiger partial charge on any atom is -0.508 e. The van der Waals surface area contributed by atoms with E-state index in [4.69, 9.17) is 0 Å². The average molecular weight is 192 g/mol. The van der Waals surface area contributed by atoms with Crippen molar-refractivity contribution in [2.75, 3.05) is 0 Å². The maximum atomic E-state index is 11.0. The van der Waals surface area contributed by atoms with Crippen LogP contribution in [0.1, 0.15) is 29.8 Å². The van der Waals surface area contributed by atoms with E-state index in [1.165, 1.54) is 19.9 Å². The first-order valence-corrected chi connectivity index (χ1v) is 4.33. The molecule has 0 amide bonds. The van der Waals surface area contributed by atoms with E-state index in [9.17, 15) is 14.7 Å². The van der Waals surface area contributed by atoms with Crippen LogP contribution in [0.15, 0.2) is 18.2 Å². The minimum atomic E-state index is -0.0743. The first kappa shape index (κ1) is 10.4. The third-order valence-corrected chi connectivity index (χ3v) is 1.93. The molecule has 74 valence electrons. The first-order chi connectivity index (χ1) is 6.50. The van der Waals surface area contributed by atoms with E-state index in [0.29, 0.717) is 11.1 Å². The molecule has 0 aliphatic heterocycles. The highest BCUT2D eigenvalue weighted by atomic mass is 16.3. The molecule has 1 aromatic carbocycles. The molecule has 0 saturated heterocycles. The van der Waals surface area contributed by atoms with E-state index in [1.807, 2.05) is 0 Å². The van der Waals surface area contributed by atoms with E-state index in [-0.39, 0.29) is 23.7 Å². The molecule has 1 aromatic rings. The number of carbonyl (C=O) groups excluding carboxylic acids is 2. The lowest BCUT2D eigenvalue weighted by atomic mass is 10.0. The Morgan fingerprint density at radius 3 is 2.43 bits per heavy atom. The van der Waals surface area contributed by atoms with E-state index in [0.717, 1.165) is 0 Å². The number of hydrogen-bond acceptors (Lipinski definition) is 3. The molecule has 0 atom stereocenters. The molecule has 3 nitrogen and oxygen atoms in total. The Labute approximate surface area is 82.4 Å². The lowest BCUT2D eigenvalue weighted by Gasteiger charge is -2.03. The van der Waals surface area contributed by atoms with Crippen LogP contribution in [0.25, 0.3) is 0 Å². The van der Waals surface area contributed by atoms with Crippen LogP contribution in [-0.4, -0.2) is 16.7 Å². The van der Waals surface area contributed by atoms with Gasteiger partial charge in [0, 0.05) is 17.5 Å². The number of aromatic hydroxyl groups is 1. The van der Waals surface area contributed by atoms with Gasteiger partial charge < -0.3 is 5.11 Å². The summed E-state index contributed by atoms with van der Waals surface area (Å²) in [6.07, 6.45) is 0.160. The first-order valence-electron chi connectivity index (χ1n) is 4.33. The molecule has 0 aromatic heterocycles.